The van der Waals surface area contributed by atoms with Gasteiger partial charge in [-0.2, -0.15) is 0 Å². The zero-order valence-electron chi connectivity index (χ0n) is 15.0. The fraction of sp³-hybridized carbons (Fsp3) is 0.944. The summed E-state index contributed by atoms with van der Waals surface area (Å²) in [6, 6.07) is 0.407. The molecule has 0 aromatic carbocycles. The summed E-state index contributed by atoms with van der Waals surface area (Å²) >= 11 is 0. The number of amides is 2. The van der Waals surface area contributed by atoms with E-state index in [9.17, 15) is 4.79 Å². The van der Waals surface area contributed by atoms with Crippen LogP contribution in [0.2, 0.25) is 0 Å². The van der Waals surface area contributed by atoms with Crippen LogP contribution in [-0.4, -0.2) is 56.4 Å². The van der Waals surface area contributed by atoms with Gasteiger partial charge in [-0.1, -0.05) is 39.5 Å². The second-order valence-corrected chi connectivity index (χ2v) is 7.51. The number of hydrogen-bond donors (Lipinski definition) is 2. The first-order valence-corrected chi connectivity index (χ1v) is 9.48. The Balaban J connectivity index is 1.65. The number of ether oxygens (including phenoxy) is 1. The van der Waals surface area contributed by atoms with Gasteiger partial charge in [0.25, 0.3) is 0 Å². The Morgan fingerprint density at radius 3 is 2.52 bits per heavy atom. The van der Waals surface area contributed by atoms with Crippen LogP contribution in [0.1, 0.15) is 52.4 Å². The molecule has 1 saturated carbocycles. The lowest BCUT2D eigenvalue weighted by atomic mass is 10.0. The van der Waals surface area contributed by atoms with E-state index in [1.807, 2.05) is 0 Å². The summed E-state index contributed by atoms with van der Waals surface area (Å²) in [7, 11) is 0. The van der Waals surface area contributed by atoms with Gasteiger partial charge in [0.15, 0.2) is 0 Å². The van der Waals surface area contributed by atoms with Gasteiger partial charge < -0.3 is 15.4 Å². The van der Waals surface area contributed by atoms with E-state index in [1.54, 1.807) is 0 Å². The summed E-state index contributed by atoms with van der Waals surface area (Å²) in [5, 5.41) is 6.11. The molecule has 0 aromatic heterocycles. The van der Waals surface area contributed by atoms with Gasteiger partial charge in [0, 0.05) is 32.2 Å². The lowest BCUT2D eigenvalue weighted by Crippen LogP contribution is -2.50. The third-order valence-corrected chi connectivity index (χ3v) is 5.12. The number of carbonyl (C=O) groups excluding carboxylic acids is 1. The van der Waals surface area contributed by atoms with Crippen LogP contribution in [-0.2, 0) is 4.74 Å². The molecule has 1 aliphatic carbocycles. The SMILES string of the molecule is CC(C)CC(CNC(=O)NCCC1CCCC1)N1CCOCC1. The maximum absolute atomic E-state index is 12.0. The smallest absolute Gasteiger partial charge is 0.314 e. The second-order valence-electron chi connectivity index (χ2n) is 7.51. The Bertz CT molecular complexity index is 337. The average Bonchev–Trinajstić information content (AvgIpc) is 3.05. The monoisotopic (exact) mass is 325 g/mol. The highest BCUT2D eigenvalue weighted by molar-refractivity contribution is 5.73. The average molecular weight is 325 g/mol. The van der Waals surface area contributed by atoms with Crippen molar-refractivity contribution in [2.45, 2.75) is 58.4 Å². The first kappa shape index (κ1) is 18.5. The molecule has 2 fully saturated rings. The molecule has 2 rings (SSSR count). The quantitative estimate of drug-likeness (QED) is 0.721. The largest absolute Gasteiger partial charge is 0.379 e. The highest BCUT2D eigenvalue weighted by Gasteiger charge is 2.22. The Labute approximate surface area is 141 Å². The van der Waals surface area contributed by atoms with Crippen LogP contribution >= 0.6 is 0 Å². The number of carbonyl (C=O) groups is 1. The van der Waals surface area contributed by atoms with Crippen molar-refractivity contribution >= 4 is 6.03 Å². The van der Waals surface area contributed by atoms with Crippen molar-refractivity contribution < 1.29 is 9.53 Å². The lowest BCUT2D eigenvalue weighted by molar-refractivity contribution is 0.0129. The lowest BCUT2D eigenvalue weighted by Gasteiger charge is -2.35. The molecule has 0 aromatic rings. The summed E-state index contributed by atoms with van der Waals surface area (Å²) in [4.78, 5) is 14.5. The highest BCUT2D eigenvalue weighted by Crippen LogP contribution is 2.26. The van der Waals surface area contributed by atoms with Gasteiger partial charge in [0.2, 0.25) is 0 Å². The number of urea groups is 1. The minimum atomic E-state index is -0.00925. The molecule has 1 heterocycles. The third kappa shape index (κ3) is 7.08. The molecule has 0 spiro atoms. The Morgan fingerprint density at radius 1 is 1.17 bits per heavy atom. The molecule has 134 valence electrons. The molecule has 0 radical (unpaired) electrons. The van der Waals surface area contributed by atoms with Crippen LogP contribution in [0.4, 0.5) is 4.79 Å². The van der Waals surface area contributed by atoms with Gasteiger partial charge in [-0.3, -0.25) is 4.90 Å². The van der Waals surface area contributed by atoms with Crippen LogP contribution in [0.15, 0.2) is 0 Å². The summed E-state index contributed by atoms with van der Waals surface area (Å²) in [6.45, 7) is 9.59. The number of hydrogen-bond acceptors (Lipinski definition) is 3. The molecular formula is C18H35N3O2. The molecule has 2 aliphatic rings. The van der Waals surface area contributed by atoms with E-state index >= 15 is 0 Å². The first-order chi connectivity index (χ1) is 11.1. The zero-order valence-corrected chi connectivity index (χ0v) is 15.0. The molecule has 1 atom stereocenters. The van der Waals surface area contributed by atoms with Gasteiger partial charge in [0.1, 0.15) is 0 Å². The van der Waals surface area contributed by atoms with Crippen molar-refractivity contribution in [3.05, 3.63) is 0 Å². The number of nitrogens with one attached hydrogen (secondary N) is 2. The fourth-order valence-electron chi connectivity index (χ4n) is 3.81. The van der Waals surface area contributed by atoms with Crippen LogP contribution in [0.5, 0.6) is 0 Å². The van der Waals surface area contributed by atoms with Crippen LogP contribution < -0.4 is 10.6 Å². The predicted octanol–water partition coefficient (Wildman–Crippen LogP) is 2.61. The van der Waals surface area contributed by atoms with Gasteiger partial charge in [-0.05, 0) is 24.7 Å². The van der Waals surface area contributed by atoms with E-state index in [1.165, 1.54) is 25.7 Å². The summed E-state index contributed by atoms with van der Waals surface area (Å²) < 4.78 is 5.44. The minimum absolute atomic E-state index is 0.00925. The number of rotatable bonds is 8. The van der Waals surface area contributed by atoms with Crippen molar-refractivity contribution in [2.75, 3.05) is 39.4 Å². The van der Waals surface area contributed by atoms with E-state index in [2.05, 4.69) is 29.4 Å². The van der Waals surface area contributed by atoms with Gasteiger partial charge in [-0.25, -0.2) is 4.79 Å². The topological polar surface area (TPSA) is 53.6 Å². The van der Waals surface area contributed by atoms with Crippen molar-refractivity contribution in [2.24, 2.45) is 11.8 Å². The van der Waals surface area contributed by atoms with Gasteiger partial charge in [-0.15, -0.1) is 0 Å². The summed E-state index contributed by atoms with van der Waals surface area (Å²) in [5.74, 6) is 1.47. The van der Waals surface area contributed by atoms with Crippen LogP contribution in [0.3, 0.4) is 0 Å². The first-order valence-electron chi connectivity index (χ1n) is 9.48. The molecule has 1 aliphatic heterocycles. The van der Waals surface area contributed by atoms with Crippen molar-refractivity contribution in [1.29, 1.82) is 0 Å². The molecule has 1 saturated heterocycles. The Kier molecular flexibility index (Phi) is 8.17. The number of nitrogens with zero attached hydrogens (tertiary/aromatic N) is 1. The fourth-order valence-corrected chi connectivity index (χ4v) is 3.81. The standard InChI is InChI=1S/C18H35N3O2/c1-15(2)13-17(21-9-11-23-12-10-21)14-20-18(22)19-8-7-16-5-3-4-6-16/h15-17H,3-14H2,1-2H3,(H2,19,20,22). The van der Waals surface area contributed by atoms with E-state index in [-0.39, 0.29) is 6.03 Å². The van der Waals surface area contributed by atoms with Gasteiger partial charge in [0.05, 0.1) is 13.2 Å². The normalized spacial score (nSPS) is 21.5. The van der Waals surface area contributed by atoms with Crippen molar-refractivity contribution in [3.8, 4) is 0 Å². The van der Waals surface area contributed by atoms with E-state index in [0.717, 1.165) is 58.2 Å². The second kappa shape index (κ2) is 10.1. The van der Waals surface area contributed by atoms with Crippen LogP contribution in [0, 0.1) is 11.8 Å². The van der Waals surface area contributed by atoms with Crippen molar-refractivity contribution in [1.82, 2.24) is 15.5 Å². The molecule has 5 nitrogen and oxygen atoms in total. The Morgan fingerprint density at radius 2 is 1.87 bits per heavy atom. The molecule has 2 N–H and O–H groups in total. The van der Waals surface area contributed by atoms with Crippen LogP contribution in [0.25, 0.3) is 0 Å². The minimum Gasteiger partial charge on any atom is -0.379 e. The Hall–Kier alpha value is -0.810. The molecular weight excluding hydrogens is 290 g/mol. The summed E-state index contributed by atoms with van der Waals surface area (Å²) in [5.41, 5.74) is 0. The maximum Gasteiger partial charge on any atom is 0.314 e. The van der Waals surface area contributed by atoms with Crippen molar-refractivity contribution in [3.63, 3.8) is 0 Å². The maximum atomic E-state index is 12.0. The highest BCUT2D eigenvalue weighted by atomic mass is 16.5. The number of morpholine rings is 1. The molecule has 23 heavy (non-hydrogen) atoms. The van der Waals surface area contributed by atoms with E-state index < -0.39 is 0 Å². The molecule has 5 heteroatoms. The summed E-state index contributed by atoms with van der Waals surface area (Å²) in [6.07, 6.45) is 7.67. The zero-order chi connectivity index (χ0) is 16.5. The molecule has 0 bridgehead atoms. The molecule has 2 amide bonds. The van der Waals surface area contributed by atoms with E-state index in [0.29, 0.717) is 12.0 Å². The van der Waals surface area contributed by atoms with Gasteiger partial charge >= 0.3 is 6.03 Å². The van der Waals surface area contributed by atoms with E-state index in [4.69, 9.17) is 4.74 Å². The third-order valence-electron chi connectivity index (χ3n) is 5.12. The molecule has 1 unspecified atom stereocenters. The predicted molar refractivity (Wildman–Crippen MR) is 93.6 cm³/mol.